The Hall–Kier alpha value is -1.99. The highest BCUT2D eigenvalue weighted by Crippen LogP contribution is 1.98. The van der Waals surface area contributed by atoms with Gasteiger partial charge >= 0.3 is 11.9 Å². The van der Waals surface area contributed by atoms with E-state index in [1.54, 1.807) is 0 Å². The van der Waals surface area contributed by atoms with Crippen molar-refractivity contribution in [3.8, 4) is 0 Å². The predicted molar refractivity (Wildman–Crippen MR) is 102 cm³/mol. The first-order valence-electron chi connectivity index (χ1n) is 7.86. The fourth-order valence-electron chi connectivity index (χ4n) is 1.74. The first-order chi connectivity index (χ1) is 12.5. The Balaban J connectivity index is 4.68. The van der Waals surface area contributed by atoms with Crippen molar-refractivity contribution < 1.29 is 34.2 Å². The summed E-state index contributed by atoms with van der Waals surface area (Å²) in [5.41, 5.74) is 5.54. The van der Waals surface area contributed by atoms with Crippen LogP contribution in [0.1, 0.15) is 19.8 Å². The van der Waals surface area contributed by atoms with Crippen molar-refractivity contribution in [2.75, 3.05) is 11.5 Å². The van der Waals surface area contributed by atoms with Crippen LogP contribution in [0.2, 0.25) is 0 Å². The van der Waals surface area contributed by atoms with Gasteiger partial charge in [-0.25, -0.2) is 4.79 Å². The number of thiol groups is 2. The number of rotatable bonds is 12. The van der Waals surface area contributed by atoms with E-state index < -0.39 is 53.8 Å². The molecule has 11 nitrogen and oxygen atoms in total. The average molecular weight is 425 g/mol. The number of amides is 3. The molecule has 0 rings (SSSR count). The first-order valence-corrected chi connectivity index (χ1v) is 9.12. The fourth-order valence-corrected chi connectivity index (χ4v) is 2.25. The first kappa shape index (κ1) is 25.0. The second-order valence-corrected chi connectivity index (χ2v) is 6.33. The molecule has 0 aliphatic carbocycles. The summed E-state index contributed by atoms with van der Waals surface area (Å²) in [5.74, 6) is -4.85. The number of nitrogens with one attached hydrogen (secondary N) is 3. The highest BCUT2D eigenvalue weighted by atomic mass is 32.1. The van der Waals surface area contributed by atoms with Crippen molar-refractivity contribution in [2.45, 2.75) is 43.9 Å². The standard InChI is InChI=1S/C14H24N4O7S2/c1-6(16-12(22)7(15)2-3-10(19)20)11(21)17-8(4-26)13(23)18-9(5-27)14(24)25/h6-9,26-27H,2-5,15H2,1H3,(H,16,22)(H,17,21)(H,18,23)(H,19,20)(H,24,25). The van der Waals surface area contributed by atoms with E-state index in [0.29, 0.717) is 0 Å². The lowest BCUT2D eigenvalue weighted by atomic mass is 10.1. The Kier molecular flexibility index (Phi) is 11.5. The van der Waals surface area contributed by atoms with Crippen LogP contribution in [0.15, 0.2) is 0 Å². The molecule has 0 aromatic carbocycles. The molecular formula is C14H24N4O7S2. The normalized spacial score (nSPS) is 15.0. The van der Waals surface area contributed by atoms with Gasteiger partial charge in [-0.3, -0.25) is 19.2 Å². The van der Waals surface area contributed by atoms with E-state index in [2.05, 4.69) is 41.2 Å². The van der Waals surface area contributed by atoms with Crippen LogP contribution >= 0.6 is 25.3 Å². The number of carboxylic acid groups (broad SMARTS) is 2. The third kappa shape index (κ3) is 9.49. The maximum Gasteiger partial charge on any atom is 0.327 e. The maximum atomic E-state index is 12.1. The van der Waals surface area contributed by atoms with Gasteiger partial charge in [-0.1, -0.05) is 0 Å². The lowest BCUT2D eigenvalue weighted by Crippen LogP contribution is -2.57. The number of carbonyl (C=O) groups is 5. The van der Waals surface area contributed by atoms with Gasteiger partial charge in [-0.15, -0.1) is 0 Å². The highest BCUT2D eigenvalue weighted by Gasteiger charge is 2.27. The molecule has 0 saturated heterocycles. The maximum absolute atomic E-state index is 12.1. The zero-order valence-corrected chi connectivity index (χ0v) is 16.3. The van der Waals surface area contributed by atoms with E-state index in [1.807, 2.05) is 0 Å². The molecule has 27 heavy (non-hydrogen) atoms. The number of aliphatic carboxylic acids is 2. The molecular weight excluding hydrogens is 400 g/mol. The number of carbonyl (C=O) groups excluding carboxylic acids is 3. The quantitative estimate of drug-likeness (QED) is 0.159. The third-order valence-corrected chi connectivity index (χ3v) is 4.10. The van der Waals surface area contributed by atoms with E-state index in [1.165, 1.54) is 6.92 Å². The Morgan fingerprint density at radius 2 is 1.41 bits per heavy atom. The summed E-state index contributed by atoms with van der Waals surface area (Å²) in [6, 6.07) is -4.54. The van der Waals surface area contributed by atoms with Crippen LogP contribution in [0, 0.1) is 0 Å². The van der Waals surface area contributed by atoms with E-state index in [4.69, 9.17) is 15.9 Å². The van der Waals surface area contributed by atoms with Crippen molar-refractivity contribution in [3.05, 3.63) is 0 Å². The summed E-state index contributed by atoms with van der Waals surface area (Å²) < 4.78 is 0. The molecule has 4 atom stereocenters. The van der Waals surface area contributed by atoms with Gasteiger partial charge in [0.25, 0.3) is 0 Å². The molecule has 0 saturated carbocycles. The minimum Gasteiger partial charge on any atom is -0.481 e. The molecule has 13 heteroatoms. The van der Waals surface area contributed by atoms with Gasteiger partial charge in [-0.05, 0) is 13.3 Å². The minimum absolute atomic E-state index is 0.0997. The molecule has 0 aromatic rings. The van der Waals surface area contributed by atoms with Crippen LogP contribution in [0.5, 0.6) is 0 Å². The molecule has 154 valence electrons. The Labute approximate surface area is 166 Å². The Morgan fingerprint density at radius 1 is 0.889 bits per heavy atom. The van der Waals surface area contributed by atoms with Gasteiger partial charge in [0.15, 0.2) is 0 Å². The van der Waals surface area contributed by atoms with Gasteiger partial charge in [0.05, 0.1) is 6.04 Å². The topological polar surface area (TPSA) is 188 Å². The van der Waals surface area contributed by atoms with E-state index >= 15 is 0 Å². The zero-order valence-electron chi connectivity index (χ0n) is 14.5. The van der Waals surface area contributed by atoms with Crippen LogP contribution in [-0.2, 0) is 24.0 Å². The van der Waals surface area contributed by atoms with Gasteiger partial charge in [0, 0.05) is 17.9 Å². The van der Waals surface area contributed by atoms with Gasteiger partial charge in [0.1, 0.15) is 18.1 Å². The highest BCUT2D eigenvalue weighted by molar-refractivity contribution is 7.80. The van der Waals surface area contributed by atoms with Crippen LogP contribution in [0.3, 0.4) is 0 Å². The monoisotopic (exact) mass is 424 g/mol. The Bertz CT molecular complexity index is 576. The summed E-state index contributed by atoms with van der Waals surface area (Å²) in [7, 11) is 0. The molecule has 0 fully saturated rings. The van der Waals surface area contributed by atoms with Crippen molar-refractivity contribution in [1.29, 1.82) is 0 Å². The van der Waals surface area contributed by atoms with Crippen LogP contribution < -0.4 is 21.7 Å². The molecule has 0 aliphatic heterocycles. The van der Waals surface area contributed by atoms with Gasteiger partial charge < -0.3 is 31.9 Å². The molecule has 4 unspecified atom stereocenters. The minimum atomic E-state index is -1.28. The molecule has 7 N–H and O–H groups in total. The Morgan fingerprint density at radius 3 is 1.85 bits per heavy atom. The predicted octanol–water partition coefficient (Wildman–Crippen LogP) is -2.40. The molecule has 3 amide bonds. The summed E-state index contributed by atoms with van der Waals surface area (Å²) in [5, 5.41) is 24.3. The summed E-state index contributed by atoms with van der Waals surface area (Å²) in [6.07, 6.45) is -0.398. The molecule has 0 aromatic heterocycles. The second-order valence-electron chi connectivity index (χ2n) is 5.59. The van der Waals surface area contributed by atoms with Crippen molar-refractivity contribution in [1.82, 2.24) is 16.0 Å². The van der Waals surface area contributed by atoms with Gasteiger partial charge in [-0.2, -0.15) is 25.3 Å². The van der Waals surface area contributed by atoms with Crippen LogP contribution in [0.25, 0.3) is 0 Å². The molecule has 0 bridgehead atoms. The zero-order chi connectivity index (χ0) is 21.1. The van der Waals surface area contributed by atoms with Crippen molar-refractivity contribution >= 4 is 54.9 Å². The van der Waals surface area contributed by atoms with Crippen molar-refractivity contribution in [2.24, 2.45) is 5.73 Å². The van der Waals surface area contributed by atoms with E-state index in [9.17, 15) is 24.0 Å². The molecule has 0 heterocycles. The average Bonchev–Trinajstić information content (AvgIpc) is 2.60. The summed E-state index contributed by atoms with van der Waals surface area (Å²) in [6.45, 7) is 1.35. The smallest absolute Gasteiger partial charge is 0.327 e. The SMILES string of the molecule is CC(NC(=O)C(N)CCC(=O)O)C(=O)NC(CS)C(=O)NC(CS)C(=O)O. The molecule has 0 radical (unpaired) electrons. The lowest BCUT2D eigenvalue weighted by molar-refractivity contribution is -0.141. The van der Waals surface area contributed by atoms with Gasteiger partial charge in [0.2, 0.25) is 17.7 Å². The largest absolute Gasteiger partial charge is 0.481 e. The summed E-state index contributed by atoms with van der Waals surface area (Å²) >= 11 is 7.76. The van der Waals surface area contributed by atoms with E-state index in [0.717, 1.165) is 0 Å². The molecule has 0 spiro atoms. The number of hydrogen-bond donors (Lipinski definition) is 8. The summed E-state index contributed by atoms with van der Waals surface area (Å²) in [4.78, 5) is 57.4. The van der Waals surface area contributed by atoms with Crippen LogP contribution in [0.4, 0.5) is 0 Å². The fraction of sp³-hybridized carbons (Fsp3) is 0.643. The number of carboxylic acids is 2. The lowest BCUT2D eigenvalue weighted by Gasteiger charge is -2.22. The van der Waals surface area contributed by atoms with Crippen molar-refractivity contribution in [3.63, 3.8) is 0 Å². The van der Waals surface area contributed by atoms with Crippen LogP contribution in [-0.4, -0.2) is 75.5 Å². The third-order valence-electron chi connectivity index (χ3n) is 3.37. The van der Waals surface area contributed by atoms with E-state index in [-0.39, 0.29) is 24.3 Å². The molecule has 0 aliphatic rings. The second kappa shape index (κ2) is 12.4. The number of nitrogens with two attached hydrogens (primary N) is 1. The number of hydrogen-bond acceptors (Lipinski definition) is 8.